The summed E-state index contributed by atoms with van der Waals surface area (Å²) in [4.78, 5) is 11.9. The van der Waals surface area contributed by atoms with Crippen LogP contribution in [0.1, 0.15) is 33.1 Å². The predicted molar refractivity (Wildman–Crippen MR) is 64.4 cm³/mol. The Bertz CT molecular complexity index is 253. The first-order valence-corrected chi connectivity index (χ1v) is 6.75. The van der Waals surface area contributed by atoms with E-state index in [1.807, 2.05) is 13.8 Å². The highest BCUT2D eigenvalue weighted by Gasteiger charge is 2.47. The maximum atomic E-state index is 11.9. The number of carbonyl (C=O) groups excluding carboxylic acids is 1. The zero-order valence-corrected chi connectivity index (χ0v) is 10.8. The number of fused-ring (bicyclic) bond motifs is 1. The minimum absolute atomic E-state index is 0.182. The molecule has 0 heterocycles. The molecule has 2 aliphatic rings. The van der Waals surface area contributed by atoms with Gasteiger partial charge in [-0.15, -0.1) is 0 Å². The topological polar surface area (TPSA) is 47.6 Å². The van der Waals surface area contributed by atoms with Crippen molar-refractivity contribution in [1.82, 2.24) is 5.32 Å². The van der Waals surface area contributed by atoms with E-state index in [4.69, 9.17) is 9.47 Å². The number of amides is 1. The molecule has 4 nitrogen and oxygen atoms in total. The maximum absolute atomic E-state index is 11.9. The summed E-state index contributed by atoms with van der Waals surface area (Å²) >= 11 is 0. The summed E-state index contributed by atoms with van der Waals surface area (Å²) in [7, 11) is 0. The van der Waals surface area contributed by atoms with Crippen molar-refractivity contribution in [2.45, 2.75) is 39.4 Å². The number of nitrogens with one attached hydrogen (secondary N) is 1. The van der Waals surface area contributed by atoms with Crippen molar-refractivity contribution < 1.29 is 14.3 Å². The van der Waals surface area contributed by atoms with Crippen LogP contribution in [0.2, 0.25) is 0 Å². The first-order valence-electron chi connectivity index (χ1n) is 6.75. The third kappa shape index (κ3) is 3.42. The van der Waals surface area contributed by atoms with Gasteiger partial charge >= 0.3 is 0 Å². The zero-order valence-electron chi connectivity index (χ0n) is 10.8. The van der Waals surface area contributed by atoms with Gasteiger partial charge < -0.3 is 14.8 Å². The normalized spacial score (nSPS) is 30.4. The highest BCUT2D eigenvalue weighted by atomic mass is 16.7. The van der Waals surface area contributed by atoms with Crippen molar-refractivity contribution in [3.05, 3.63) is 0 Å². The number of carbonyl (C=O) groups is 1. The molecule has 0 aromatic rings. The Morgan fingerprint density at radius 2 is 1.76 bits per heavy atom. The number of rotatable bonds is 7. The van der Waals surface area contributed by atoms with Gasteiger partial charge in [0.15, 0.2) is 6.29 Å². The summed E-state index contributed by atoms with van der Waals surface area (Å²) in [5.74, 6) is 2.12. The first kappa shape index (κ1) is 12.8. The summed E-state index contributed by atoms with van der Waals surface area (Å²) in [5.41, 5.74) is 0. The second-order valence-electron chi connectivity index (χ2n) is 5.01. The lowest BCUT2D eigenvalue weighted by atomic mass is 10.0. The van der Waals surface area contributed by atoms with Crippen LogP contribution in [0.15, 0.2) is 0 Å². The zero-order chi connectivity index (χ0) is 12.3. The molecule has 0 bridgehead atoms. The van der Waals surface area contributed by atoms with E-state index in [1.165, 1.54) is 6.42 Å². The van der Waals surface area contributed by atoms with E-state index in [9.17, 15) is 4.79 Å². The van der Waals surface area contributed by atoms with Gasteiger partial charge in [-0.1, -0.05) is 0 Å². The SMILES string of the molecule is CCOC(CNC(=O)C1CC2CC2C1)OCC. The lowest BCUT2D eigenvalue weighted by Crippen LogP contribution is -2.38. The average Bonchev–Trinajstić information content (AvgIpc) is 2.93. The van der Waals surface area contributed by atoms with E-state index < -0.39 is 0 Å². The van der Waals surface area contributed by atoms with Crippen LogP contribution in [0.5, 0.6) is 0 Å². The molecule has 2 saturated carbocycles. The maximum Gasteiger partial charge on any atom is 0.223 e. The van der Waals surface area contributed by atoms with Gasteiger partial charge in [-0.25, -0.2) is 0 Å². The van der Waals surface area contributed by atoms with Crippen LogP contribution in [0, 0.1) is 17.8 Å². The van der Waals surface area contributed by atoms with E-state index in [2.05, 4.69) is 5.32 Å². The molecular weight excluding hydrogens is 218 g/mol. The van der Waals surface area contributed by atoms with Crippen molar-refractivity contribution in [2.75, 3.05) is 19.8 Å². The smallest absolute Gasteiger partial charge is 0.223 e. The molecule has 0 saturated heterocycles. The molecule has 2 aliphatic carbocycles. The van der Waals surface area contributed by atoms with Crippen LogP contribution >= 0.6 is 0 Å². The molecule has 2 unspecified atom stereocenters. The van der Waals surface area contributed by atoms with E-state index in [0.717, 1.165) is 24.7 Å². The van der Waals surface area contributed by atoms with Crippen LogP contribution in [0.4, 0.5) is 0 Å². The van der Waals surface area contributed by atoms with Gasteiger partial charge in [-0.3, -0.25) is 4.79 Å². The van der Waals surface area contributed by atoms with Crippen molar-refractivity contribution in [2.24, 2.45) is 17.8 Å². The van der Waals surface area contributed by atoms with Gasteiger partial charge in [-0.05, 0) is 44.9 Å². The molecule has 2 atom stereocenters. The van der Waals surface area contributed by atoms with Crippen molar-refractivity contribution in [3.8, 4) is 0 Å². The van der Waals surface area contributed by atoms with Crippen molar-refractivity contribution in [3.63, 3.8) is 0 Å². The van der Waals surface area contributed by atoms with Crippen LogP contribution < -0.4 is 5.32 Å². The molecule has 2 fully saturated rings. The molecule has 98 valence electrons. The van der Waals surface area contributed by atoms with Gasteiger partial charge in [-0.2, -0.15) is 0 Å². The summed E-state index contributed by atoms with van der Waals surface area (Å²) < 4.78 is 10.8. The summed E-state index contributed by atoms with van der Waals surface area (Å²) in [5, 5.41) is 2.95. The van der Waals surface area contributed by atoms with Crippen LogP contribution in [0.3, 0.4) is 0 Å². The highest BCUT2D eigenvalue weighted by Crippen LogP contribution is 2.54. The van der Waals surface area contributed by atoms with E-state index >= 15 is 0 Å². The second-order valence-corrected chi connectivity index (χ2v) is 5.01. The Morgan fingerprint density at radius 1 is 1.18 bits per heavy atom. The van der Waals surface area contributed by atoms with Crippen molar-refractivity contribution >= 4 is 5.91 Å². The Balaban J connectivity index is 1.66. The molecule has 1 N–H and O–H groups in total. The predicted octanol–water partition coefficient (Wildman–Crippen LogP) is 1.55. The van der Waals surface area contributed by atoms with Crippen molar-refractivity contribution in [1.29, 1.82) is 0 Å². The van der Waals surface area contributed by atoms with Gasteiger partial charge in [0.1, 0.15) is 0 Å². The fourth-order valence-electron chi connectivity index (χ4n) is 2.79. The first-order chi connectivity index (χ1) is 8.24. The number of hydrogen-bond acceptors (Lipinski definition) is 3. The molecule has 4 heteroatoms. The van der Waals surface area contributed by atoms with Gasteiger partial charge in [0.2, 0.25) is 5.91 Å². The lowest BCUT2D eigenvalue weighted by molar-refractivity contribution is -0.142. The Kier molecular flexibility index (Phi) is 4.40. The highest BCUT2D eigenvalue weighted by molar-refractivity contribution is 5.79. The van der Waals surface area contributed by atoms with Crippen LogP contribution in [0.25, 0.3) is 0 Å². The fourth-order valence-corrected chi connectivity index (χ4v) is 2.79. The third-order valence-electron chi connectivity index (χ3n) is 3.76. The summed E-state index contributed by atoms with van der Waals surface area (Å²) in [6.07, 6.45) is 3.23. The van der Waals surface area contributed by atoms with E-state index in [-0.39, 0.29) is 18.1 Å². The molecule has 1 amide bonds. The Morgan fingerprint density at radius 3 is 2.29 bits per heavy atom. The van der Waals surface area contributed by atoms with Crippen LogP contribution in [-0.4, -0.2) is 32.0 Å². The second kappa shape index (κ2) is 5.83. The average molecular weight is 241 g/mol. The molecule has 0 radical (unpaired) electrons. The van der Waals surface area contributed by atoms with Gasteiger partial charge in [0.05, 0.1) is 6.54 Å². The standard InChI is InChI=1S/C13H23NO3/c1-3-16-12(17-4-2)8-14-13(15)11-6-9-5-10(9)7-11/h9-12H,3-8H2,1-2H3,(H,14,15). The van der Waals surface area contributed by atoms with Crippen LogP contribution in [-0.2, 0) is 14.3 Å². The monoisotopic (exact) mass is 241 g/mol. The van der Waals surface area contributed by atoms with Gasteiger partial charge in [0.25, 0.3) is 0 Å². The summed E-state index contributed by atoms with van der Waals surface area (Å²) in [6.45, 7) is 5.53. The van der Waals surface area contributed by atoms with E-state index in [0.29, 0.717) is 19.8 Å². The molecule has 17 heavy (non-hydrogen) atoms. The van der Waals surface area contributed by atoms with E-state index in [1.54, 1.807) is 0 Å². The lowest BCUT2D eigenvalue weighted by Gasteiger charge is -2.19. The minimum atomic E-state index is -0.301. The largest absolute Gasteiger partial charge is 0.351 e. The molecule has 0 spiro atoms. The number of hydrogen-bond donors (Lipinski definition) is 1. The minimum Gasteiger partial charge on any atom is -0.351 e. The third-order valence-corrected chi connectivity index (χ3v) is 3.76. The quantitative estimate of drug-likeness (QED) is 0.688. The Hall–Kier alpha value is -0.610. The molecule has 2 rings (SSSR count). The molecule has 0 aliphatic heterocycles. The molecule has 0 aromatic carbocycles. The summed E-state index contributed by atoms with van der Waals surface area (Å²) in [6, 6.07) is 0. The fraction of sp³-hybridized carbons (Fsp3) is 0.923. The molecular formula is C13H23NO3. The molecule has 0 aromatic heterocycles. The Labute approximate surface area is 103 Å². The number of ether oxygens (including phenoxy) is 2. The van der Waals surface area contributed by atoms with Gasteiger partial charge in [0, 0.05) is 19.1 Å².